The van der Waals surface area contributed by atoms with Gasteiger partial charge in [0.25, 0.3) is 0 Å². The summed E-state index contributed by atoms with van der Waals surface area (Å²) in [6.45, 7) is 5.53. The van der Waals surface area contributed by atoms with Gasteiger partial charge in [-0.25, -0.2) is 0 Å². The molecule has 0 fully saturated rings. The molecule has 18 heavy (non-hydrogen) atoms. The summed E-state index contributed by atoms with van der Waals surface area (Å²) in [6, 6.07) is 8.05. The van der Waals surface area contributed by atoms with Gasteiger partial charge in [-0.05, 0) is 29.9 Å². The molecule has 3 heteroatoms. The lowest BCUT2D eigenvalue weighted by Gasteiger charge is -2.24. The predicted molar refractivity (Wildman–Crippen MR) is 71.2 cm³/mol. The van der Waals surface area contributed by atoms with Crippen LogP contribution in [0.3, 0.4) is 0 Å². The number of hydrogen-bond acceptors (Lipinski definition) is 3. The molecular weight excluding hydrogens is 226 g/mol. The van der Waals surface area contributed by atoms with Crippen molar-refractivity contribution in [3.8, 4) is 0 Å². The lowest BCUT2D eigenvalue weighted by molar-refractivity contribution is -0.146. The van der Waals surface area contributed by atoms with E-state index in [9.17, 15) is 4.79 Å². The van der Waals surface area contributed by atoms with Crippen molar-refractivity contribution in [2.75, 3.05) is 6.61 Å². The molecule has 2 rings (SSSR count). The molecule has 1 N–H and O–H groups in total. The third-order valence-corrected chi connectivity index (χ3v) is 3.31. The van der Waals surface area contributed by atoms with E-state index < -0.39 is 0 Å². The van der Waals surface area contributed by atoms with Crippen LogP contribution >= 0.6 is 0 Å². The zero-order chi connectivity index (χ0) is 13.0. The number of esters is 1. The number of carbonyl (C=O) groups is 1. The first-order chi connectivity index (χ1) is 8.66. The molecule has 0 unspecified atom stereocenters. The van der Waals surface area contributed by atoms with Gasteiger partial charge in [-0.3, -0.25) is 4.79 Å². The van der Waals surface area contributed by atoms with Crippen molar-refractivity contribution >= 4 is 5.97 Å². The number of nitrogens with one attached hydrogen (secondary N) is 1. The van der Waals surface area contributed by atoms with Gasteiger partial charge < -0.3 is 10.1 Å². The Morgan fingerprint density at radius 3 is 2.83 bits per heavy atom. The second-order valence-corrected chi connectivity index (χ2v) is 5.26. The summed E-state index contributed by atoms with van der Waals surface area (Å²) in [5, 5.41) is 3.24. The van der Waals surface area contributed by atoms with Crippen molar-refractivity contribution in [3.63, 3.8) is 0 Å². The first kappa shape index (κ1) is 13.1. The van der Waals surface area contributed by atoms with Gasteiger partial charge in [0.2, 0.25) is 0 Å². The summed E-state index contributed by atoms with van der Waals surface area (Å²) >= 11 is 0. The molecule has 0 saturated heterocycles. The summed E-state index contributed by atoms with van der Waals surface area (Å²) in [5.41, 5.74) is 2.53. The molecular formula is C15H21NO2. The monoisotopic (exact) mass is 247 g/mol. The first-order valence-corrected chi connectivity index (χ1v) is 6.63. The zero-order valence-electron chi connectivity index (χ0n) is 11.1. The second-order valence-electron chi connectivity index (χ2n) is 5.26. The minimum atomic E-state index is -0.188. The van der Waals surface area contributed by atoms with Gasteiger partial charge >= 0.3 is 5.97 Å². The van der Waals surface area contributed by atoms with E-state index in [1.807, 2.05) is 12.1 Å². The highest BCUT2D eigenvalue weighted by Gasteiger charge is 2.24. The zero-order valence-corrected chi connectivity index (χ0v) is 11.1. The number of carbonyl (C=O) groups excluding carboxylic acids is 1. The van der Waals surface area contributed by atoms with Crippen LogP contribution in [-0.2, 0) is 22.5 Å². The van der Waals surface area contributed by atoms with E-state index >= 15 is 0 Å². The van der Waals surface area contributed by atoms with Crippen molar-refractivity contribution < 1.29 is 9.53 Å². The Labute approximate surface area is 109 Å². The van der Waals surface area contributed by atoms with Crippen LogP contribution in [0.1, 0.15) is 31.4 Å². The molecule has 1 aliphatic heterocycles. The van der Waals surface area contributed by atoms with E-state index in [1.165, 1.54) is 11.1 Å². The molecule has 1 aliphatic rings. The van der Waals surface area contributed by atoms with Crippen molar-refractivity contribution in [1.29, 1.82) is 0 Å². The number of fused-ring (bicyclic) bond motifs is 1. The number of hydrogen-bond donors (Lipinski definition) is 1. The molecule has 0 aliphatic carbocycles. The van der Waals surface area contributed by atoms with Crippen LogP contribution in [0.25, 0.3) is 0 Å². The van der Waals surface area contributed by atoms with Gasteiger partial charge in [0.1, 0.15) is 6.04 Å². The summed E-state index contributed by atoms with van der Waals surface area (Å²) < 4.78 is 5.31. The van der Waals surface area contributed by atoms with Gasteiger partial charge in [-0.1, -0.05) is 38.1 Å². The fourth-order valence-electron chi connectivity index (χ4n) is 2.12. The molecule has 0 radical (unpaired) electrons. The van der Waals surface area contributed by atoms with Gasteiger partial charge in [0.05, 0.1) is 6.61 Å². The largest absolute Gasteiger partial charge is 0.465 e. The van der Waals surface area contributed by atoms with Crippen LogP contribution in [-0.4, -0.2) is 18.6 Å². The molecule has 1 atom stereocenters. The van der Waals surface area contributed by atoms with E-state index in [0.717, 1.165) is 19.4 Å². The smallest absolute Gasteiger partial charge is 0.323 e. The Morgan fingerprint density at radius 2 is 2.11 bits per heavy atom. The van der Waals surface area contributed by atoms with Crippen LogP contribution in [0.4, 0.5) is 0 Å². The Bertz CT molecular complexity index is 415. The summed E-state index contributed by atoms with van der Waals surface area (Å²) in [6.07, 6.45) is 1.66. The fourth-order valence-corrected chi connectivity index (χ4v) is 2.12. The van der Waals surface area contributed by atoms with E-state index in [-0.39, 0.29) is 12.0 Å². The highest BCUT2D eigenvalue weighted by atomic mass is 16.5. The van der Waals surface area contributed by atoms with Crippen LogP contribution in [0.5, 0.6) is 0 Å². The Balaban J connectivity index is 1.87. The Hall–Kier alpha value is -1.35. The van der Waals surface area contributed by atoms with Gasteiger partial charge in [0.15, 0.2) is 0 Å². The van der Waals surface area contributed by atoms with Crippen molar-refractivity contribution in [2.45, 2.75) is 39.3 Å². The van der Waals surface area contributed by atoms with Gasteiger partial charge in [-0.15, -0.1) is 0 Å². The van der Waals surface area contributed by atoms with Gasteiger partial charge in [0, 0.05) is 6.54 Å². The third-order valence-electron chi connectivity index (χ3n) is 3.31. The molecule has 0 amide bonds. The quantitative estimate of drug-likeness (QED) is 0.830. The summed E-state index contributed by atoms with van der Waals surface area (Å²) in [5.74, 6) is 0.447. The van der Waals surface area contributed by atoms with E-state index in [2.05, 4.69) is 31.3 Å². The highest BCUT2D eigenvalue weighted by molar-refractivity contribution is 5.76. The average molecular weight is 247 g/mol. The van der Waals surface area contributed by atoms with E-state index in [0.29, 0.717) is 12.5 Å². The average Bonchev–Trinajstić information content (AvgIpc) is 2.37. The molecule has 1 heterocycles. The SMILES string of the molecule is CC(C)CCOC(=O)[C@H]1Cc2ccccc2CN1. The number of ether oxygens (including phenoxy) is 1. The molecule has 3 nitrogen and oxygen atoms in total. The Morgan fingerprint density at radius 1 is 1.39 bits per heavy atom. The normalized spacial score (nSPS) is 18.5. The topological polar surface area (TPSA) is 38.3 Å². The number of benzene rings is 1. The van der Waals surface area contributed by atoms with Gasteiger partial charge in [-0.2, -0.15) is 0 Å². The molecule has 98 valence electrons. The first-order valence-electron chi connectivity index (χ1n) is 6.63. The maximum Gasteiger partial charge on any atom is 0.323 e. The minimum Gasteiger partial charge on any atom is -0.465 e. The van der Waals surface area contributed by atoms with Crippen molar-refractivity contribution in [2.24, 2.45) is 5.92 Å². The fraction of sp³-hybridized carbons (Fsp3) is 0.533. The second kappa shape index (κ2) is 6.01. The minimum absolute atomic E-state index is 0.120. The van der Waals surface area contributed by atoms with E-state index in [1.54, 1.807) is 0 Å². The lowest BCUT2D eigenvalue weighted by atomic mass is 9.96. The number of rotatable bonds is 4. The van der Waals surface area contributed by atoms with Crippen molar-refractivity contribution in [1.82, 2.24) is 5.32 Å². The molecule has 0 bridgehead atoms. The molecule has 0 spiro atoms. The van der Waals surface area contributed by atoms with E-state index in [4.69, 9.17) is 4.74 Å². The summed E-state index contributed by atoms with van der Waals surface area (Å²) in [4.78, 5) is 11.9. The van der Waals surface area contributed by atoms with Crippen molar-refractivity contribution in [3.05, 3.63) is 35.4 Å². The van der Waals surface area contributed by atoms with Crippen LogP contribution < -0.4 is 5.32 Å². The predicted octanol–water partition coefficient (Wildman–Crippen LogP) is 2.29. The van der Waals surface area contributed by atoms with Crippen LogP contribution in [0, 0.1) is 5.92 Å². The molecule has 1 aromatic rings. The molecule has 1 aromatic carbocycles. The lowest BCUT2D eigenvalue weighted by Crippen LogP contribution is -2.42. The van der Waals surface area contributed by atoms with Crippen LogP contribution in [0.15, 0.2) is 24.3 Å². The van der Waals surface area contributed by atoms with Crippen LogP contribution in [0.2, 0.25) is 0 Å². The molecule has 0 aromatic heterocycles. The maximum absolute atomic E-state index is 11.9. The Kier molecular flexibility index (Phi) is 4.37. The molecule has 0 saturated carbocycles. The standard InChI is InChI=1S/C15H21NO2/c1-11(2)7-8-18-15(17)14-9-12-5-3-4-6-13(12)10-16-14/h3-6,11,14,16H,7-10H2,1-2H3/t14-/m1/s1. The maximum atomic E-state index is 11.9. The highest BCUT2D eigenvalue weighted by Crippen LogP contribution is 2.16. The summed E-state index contributed by atoms with van der Waals surface area (Å²) in [7, 11) is 0. The third kappa shape index (κ3) is 3.33.